The summed E-state index contributed by atoms with van der Waals surface area (Å²) in [5, 5.41) is 0. The largest absolute Gasteiger partial charge is 0.0654 e. The second-order valence-corrected chi connectivity index (χ2v) is 21.4. The van der Waals surface area contributed by atoms with E-state index in [4.69, 9.17) is 0 Å². The third-order valence-electron chi connectivity index (χ3n) is 19.4. The molecule has 14 rings (SSSR count). The minimum atomic E-state index is 0.114. The highest BCUT2D eigenvalue weighted by molar-refractivity contribution is 5.87. The van der Waals surface area contributed by atoms with Gasteiger partial charge in [-0.25, -0.2) is 0 Å². The van der Waals surface area contributed by atoms with Crippen LogP contribution >= 0.6 is 0 Å². The molecule has 8 aliphatic rings. The van der Waals surface area contributed by atoms with Crippen molar-refractivity contribution in [2.75, 3.05) is 0 Å². The molecule has 0 radical (unpaired) electrons. The van der Waals surface area contributed by atoms with E-state index in [0.29, 0.717) is 10.8 Å². The molecule has 0 nitrogen and oxygen atoms in total. The molecule has 6 fully saturated rings. The van der Waals surface area contributed by atoms with Crippen molar-refractivity contribution in [2.24, 2.45) is 35.5 Å². The molecule has 0 heteroatoms. The minimum Gasteiger partial charge on any atom is -0.0654 e. The highest BCUT2D eigenvalue weighted by Crippen LogP contribution is 3.09. The minimum absolute atomic E-state index is 0.114. The van der Waals surface area contributed by atoms with Crippen molar-refractivity contribution in [3.8, 4) is 44.5 Å². The van der Waals surface area contributed by atoms with E-state index < -0.39 is 0 Å². The molecule has 8 aliphatic carbocycles. The molecule has 6 saturated carbocycles. The fraction of sp³-hybridized carbons (Fsp3) is 0.419. The van der Waals surface area contributed by atoms with Crippen LogP contribution in [0.4, 0.5) is 0 Å². The first kappa shape index (κ1) is 37.8. The van der Waals surface area contributed by atoms with E-state index in [9.17, 15) is 0 Å². The van der Waals surface area contributed by atoms with Crippen LogP contribution in [0.5, 0.6) is 0 Å². The Kier molecular flexibility index (Phi) is 8.19. The zero-order chi connectivity index (χ0) is 41.6. The van der Waals surface area contributed by atoms with E-state index in [1.807, 2.05) is 0 Å². The SMILES string of the molecule is CCCCC1(CCCC)c2cc(-c3ccccc3)ccc2-c2ccc(C34C5C6C3C3C4C5C63c3ccc4c(c3)C(CCCC)(CCCC)c3cc(-c5ccccc5)ccc3-4)cc21. The molecule has 6 aromatic carbocycles. The van der Waals surface area contributed by atoms with Gasteiger partial charge in [0.1, 0.15) is 0 Å². The molecule has 0 N–H and O–H groups in total. The molecule has 312 valence electrons. The predicted octanol–water partition coefficient (Wildman–Crippen LogP) is 16.3. The highest BCUT2D eigenvalue weighted by atomic mass is 15.1. The summed E-state index contributed by atoms with van der Waals surface area (Å²) in [7, 11) is 0. The number of unbranched alkanes of at least 4 members (excludes halogenated alkanes) is 4. The van der Waals surface area contributed by atoms with Gasteiger partial charge in [0, 0.05) is 21.7 Å². The van der Waals surface area contributed by atoms with E-state index in [-0.39, 0.29) is 10.8 Å². The fourth-order valence-electron chi connectivity index (χ4n) is 17.1. The average molecular weight is 809 g/mol. The van der Waals surface area contributed by atoms with Gasteiger partial charge >= 0.3 is 0 Å². The Labute approximate surface area is 371 Å². The second-order valence-electron chi connectivity index (χ2n) is 21.4. The first-order valence-corrected chi connectivity index (χ1v) is 25.2. The molecule has 0 heterocycles. The van der Waals surface area contributed by atoms with Crippen LogP contribution in [-0.4, -0.2) is 0 Å². The van der Waals surface area contributed by atoms with E-state index >= 15 is 0 Å². The number of hydrogen-bond donors (Lipinski definition) is 0. The van der Waals surface area contributed by atoms with Crippen LogP contribution in [0.3, 0.4) is 0 Å². The van der Waals surface area contributed by atoms with Crippen molar-refractivity contribution >= 4 is 0 Å². The van der Waals surface area contributed by atoms with Crippen molar-refractivity contribution in [3.05, 3.63) is 167 Å². The lowest BCUT2D eigenvalue weighted by molar-refractivity contribution is -0.597. The zero-order valence-electron chi connectivity index (χ0n) is 37.7. The molecule has 0 aliphatic heterocycles. The maximum absolute atomic E-state index is 2.84. The maximum Gasteiger partial charge on any atom is 0.0215 e. The fourth-order valence-corrected chi connectivity index (χ4v) is 17.1. The van der Waals surface area contributed by atoms with Crippen LogP contribution in [0.25, 0.3) is 44.5 Å². The molecule has 6 aromatic rings. The van der Waals surface area contributed by atoms with Crippen LogP contribution in [0.2, 0.25) is 0 Å². The third-order valence-corrected chi connectivity index (χ3v) is 19.4. The molecular weight excluding hydrogens is 745 g/mol. The number of fused-ring (bicyclic) bond motifs is 6. The van der Waals surface area contributed by atoms with Crippen molar-refractivity contribution in [3.63, 3.8) is 0 Å². The van der Waals surface area contributed by atoms with Gasteiger partial charge in [-0.05, 0) is 151 Å². The Morgan fingerprint density at radius 1 is 0.323 bits per heavy atom. The summed E-state index contributed by atoms with van der Waals surface area (Å²) in [5.41, 5.74) is 22.8. The molecule has 0 amide bonds. The van der Waals surface area contributed by atoms with Crippen LogP contribution in [0, 0.1) is 35.5 Å². The lowest BCUT2D eigenvalue weighted by atomic mass is 8.91. The van der Waals surface area contributed by atoms with Gasteiger partial charge in [-0.2, -0.15) is 0 Å². The van der Waals surface area contributed by atoms with Crippen LogP contribution in [0.15, 0.2) is 133 Å². The summed E-state index contributed by atoms with van der Waals surface area (Å²) in [5.74, 6) is 5.41. The van der Waals surface area contributed by atoms with E-state index in [1.165, 1.54) is 122 Å². The molecule has 0 unspecified atom stereocenters. The number of rotatable bonds is 16. The van der Waals surface area contributed by atoms with Crippen molar-refractivity contribution < 1.29 is 0 Å². The van der Waals surface area contributed by atoms with Crippen LogP contribution < -0.4 is 0 Å². The lowest BCUT2D eigenvalue weighted by Crippen LogP contribution is -3.12. The number of hydrogen-bond acceptors (Lipinski definition) is 0. The van der Waals surface area contributed by atoms with Crippen LogP contribution in [0.1, 0.15) is 138 Å². The van der Waals surface area contributed by atoms with Gasteiger partial charge in [-0.15, -0.1) is 0 Å². The van der Waals surface area contributed by atoms with Crippen molar-refractivity contribution in [2.45, 2.75) is 126 Å². The summed E-state index contributed by atoms with van der Waals surface area (Å²) in [6, 6.07) is 53.4. The number of benzene rings is 6. The topological polar surface area (TPSA) is 0 Å². The Bertz CT molecular complexity index is 2490. The average Bonchev–Trinajstić information content (AvgIpc) is 3.76. The van der Waals surface area contributed by atoms with E-state index in [0.717, 1.165) is 35.5 Å². The van der Waals surface area contributed by atoms with Gasteiger partial charge in [0.2, 0.25) is 0 Å². The quantitative estimate of drug-likeness (QED) is 0.0914. The molecule has 0 spiro atoms. The summed E-state index contributed by atoms with van der Waals surface area (Å²) in [4.78, 5) is 0. The third kappa shape index (κ3) is 4.28. The Morgan fingerprint density at radius 2 is 0.629 bits per heavy atom. The summed E-state index contributed by atoms with van der Waals surface area (Å²) < 4.78 is 0. The van der Waals surface area contributed by atoms with Gasteiger partial charge < -0.3 is 0 Å². The maximum atomic E-state index is 2.84. The standard InChI is InChI=1S/C62H64/c1-5-9-31-59(32-10-6-2)49-35-41(39-19-15-13-16-20-39)23-27-45(49)47-29-25-43(37-51(47)59)61-53-56-54(61)58-55(61)57(53)62(56,58)44-26-30-48-46-28-24-42(40-21-17-14-18-22-40)36-50(46)60(33-11-7-3,34-12-8-4)52(48)38-44/h13-30,35-38,53-58H,5-12,31-34H2,1-4H3. The van der Waals surface area contributed by atoms with Crippen molar-refractivity contribution in [1.29, 1.82) is 0 Å². The summed E-state index contributed by atoms with van der Waals surface area (Å²) in [6.45, 7) is 9.57. The molecule has 0 atom stereocenters. The smallest absolute Gasteiger partial charge is 0.0215 e. The summed E-state index contributed by atoms with van der Waals surface area (Å²) in [6.07, 6.45) is 15.2. The van der Waals surface area contributed by atoms with Gasteiger partial charge in [-0.3, -0.25) is 0 Å². The van der Waals surface area contributed by atoms with E-state index in [1.54, 1.807) is 33.4 Å². The van der Waals surface area contributed by atoms with Gasteiger partial charge in [-0.1, -0.05) is 200 Å². The molecule has 0 saturated heterocycles. The Balaban J connectivity index is 0.855. The molecular formula is C62H64. The first-order valence-electron chi connectivity index (χ1n) is 25.2. The molecule has 0 aromatic heterocycles. The molecule has 62 heavy (non-hydrogen) atoms. The normalized spacial score (nSPS) is 29.2. The van der Waals surface area contributed by atoms with Crippen LogP contribution in [-0.2, 0) is 21.7 Å². The Hall–Kier alpha value is -4.68. The van der Waals surface area contributed by atoms with Gasteiger partial charge in [0.05, 0.1) is 0 Å². The Morgan fingerprint density at radius 3 is 0.952 bits per heavy atom. The van der Waals surface area contributed by atoms with Gasteiger partial charge in [0.25, 0.3) is 0 Å². The van der Waals surface area contributed by atoms with Gasteiger partial charge in [0.15, 0.2) is 0 Å². The zero-order valence-corrected chi connectivity index (χ0v) is 37.7. The summed E-state index contributed by atoms with van der Waals surface area (Å²) >= 11 is 0. The lowest BCUT2D eigenvalue weighted by Gasteiger charge is -3.12. The van der Waals surface area contributed by atoms with E-state index in [2.05, 4.69) is 161 Å². The first-order chi connectivity index (χ1) is 30.5. The van der Waals surface area contributed by atoms with Crippen molar-refractivity contribution in [1.82, 2.24) is 0 Å². The predicted molar refractivity (Wildman–Crippen MR) is 259 cm³/mol. The monoisotopic (exact) mass is 809 g/mol. The highest BCUT2D eigenvalue weighted by Gasteiger charge is 3.09. The second kappa shape index (κ2) is 13.4. The molecule has 0 bridgehead atoms.